The highest BCUT2D eigenvalue weighted by atomic mass is 35.5. The number of hydrogen-bond donors (Lipinski definition) is 2. The Morgan fingerprint density at radius 2 is 2.04 bits per heavy atom. The van der Waals surface area contributed by atoms with Gasteiger partial charge in [0.2, 0.25) is 5.91 Å². The molecule has 0 aromatic heterocycles. The Hall–Kier alpha value is -2.34. The Morgan fingerprint density at radius 3 is 2.68 bits per heavy atom. The molecule has 2 amide bonds. The fourth-order valence-corrected chi connectivity index (χ4v) is 2.49. The molecular weight excluding hydrogens is 344 g/mol. The van der Waals surface area contributed by atoms with E-state index in [-0.39, 0.29) is 24.1 Å². The molecule has 1 unspecified atom stereocenters. The van der Waals surface area contributed by atoms with Crippen LogP contribution in [0.4, 0.5) is 5.69 Å². The summed E-state index contributed by atoms with van der Waals surface area (Å²) in [6.07, 6.45) is 4.31. The van der Waals surface area contributed by atoms with Gasteiger partial charge in [-0.05, 0) is 50.8 Å². The molecule has 2 rings (SSSR count). The lowest BCUT2D eigenvalue weighted by molar-refractivity contribution is -0.137. The van der Waals surface area contributed by atoms with Crippen LogP contribution < -0.4 is 10.6 Å². The molecule has 1 aliphatic rings. The second-order valence-electron chi connectivity index (χ2n) is 5.86. The van der Waals surface area contributed by atoms with Crippen molar-refractivity contribution < 1.29 is 19.1 Å². The van der Waals surface area contributed by atoms with Gasteiger partial charge in [-0.25, -0.2) is 4.79 Å². The number of hydrogen-bond acceptors (Lipinski definition) is 4. The molecule has 0 aliphatic heterocycles. The fraction of sp³-hybridized carbons (Fsp3) is 0.389. The summed E-state index contributed by atoms with van der Waals surface area (Å²) in [5, 5.41) is 5.90. The van der Waals surface area contributed by atoms with Gasteiger partial charge in [0.15, 0.2) is 0 Å². The molecule has 1 aromatic carbocycles. The Bertz CT molecular complexity index is 698. The van der Waals surface area contributed by atoms with E-state index in [1.54, 1.807) is 19.1 Å². The number of anilines is 1. The first-order valence-electron chi connectivity index (χ1n) is 8.17. The number of rotatable bonds is 7. The lowest BCUT2D eigenvalue weighted by atomic mass is 10.1. The predicted octanol–water partition coefficient (Wildman–Crippen LogP) is 2.93. The van der Waals surface area contributed by atoms with E-state index in [2.05, 4.69) is 10.6 Å². The highest BCUT2D eigenvalue weighted by Crippen LogP contribution is 2.32. The van der Waals surface area contributed by atoms with E-state index in [9.17, 15) is 14.4 Å². The van der Waals surface area contributed by atoms with Crippen LogP contribution >= 0.6 is 11.6 Å². The van der Waals surface area contributed by atoms with Crippen molar-refractivity contribution in [1.82, 2.24) is 5.32 Å². The molecule has 7 heteroatoms. The number of esters is 1. The number of amides is 2. The maximum Gasteiger partial charge on any atom is 0.330 e. The van der Waals surface area contributed by atoms with Crippen LogP contribution in [-0.4, -0.2) is 30.4 Å². The van der Waals surface area contributed by atoms with Crippen LogP contribution in [0.5, 0.6) is 0 Å². The smallest absolute Gasteiger partial charge is 0.330 e. The molecule has 1 fully saturated rings. The average Bonchev–Trinajstić information content (AvgIpc) is 3.40. The van der Waals surface area contributed by atoms with Crippen LogP contribution in [0.25, 0.3) is 0 Å². The minimum Gasteiger partial charge on any atom is -0.463 e. The molecule has 25 heavy (non-hydrogen) atoms. The van der Waals surface area contributed by atoms with Crippen molar-refractivity contribution in [2.45, 2.75) is 32.7 Å². The summed E-state index contributed by atoms with van der Waals surface area (Å²) >= 11 is 5.98. The van der Waals surface area contributed by atoms with Gasteiger partial charge in [0.1, 0.15) is 0 Å². The number of ether oxygens (including phenoxy) is 1. The Kier molecular flexibility index (Phi) is 6.58. The van der Waals surface area contributed by atoms with Gasteiger partial charge >= 0.3 is 5.97 Å². The van der Waals surface area contributed by atoms with Crippen LogP contribution in [0.15, 0.2) is 30.4 Å². The molecule has 0 bridgehead atoms. The van der Waals surface area contributed by atoms with Crippen LogP contribution in [0.2, 0.25) is 5.02 Å². The topological polar surface area (TPSA) is 84.5 Å². The SMILES string of the molecule is CCOC(=O)/C=C\C(=O)Nc1ccc(Cl)cc1C(=O)NC(C)C1CC1. The third kappa shape index (κ3) is 5.90. The number of nitrogens with one attached hydrogen (secondary N) is 2. The molecule has 0 spiro atoms. The van der Waals surface area contributed by atoms with Crippen LogP contribution in [-0.2, 0) is 14.3 Å². The minimum absolute atomic E-state index is 0.0683. The average molecular weight is 365 g/mol. The van der Waals surface area contributed by atoms with Crippen molar-refractivity contribution >= 4 is 35.1 Å². The van der Waals surface area contributed by atoms with Gasteiger partial charge in [0.25, 0.3) is 5.91 Å². The van der Waals surface area contributed by atoms with Crippen molar-refractivity contribution in [3.63, 3.8) is 0 Å². The highest BCUT2D eigenvalue weighted by molar-refractivity contribution is 6.31. The monoisotopic (exact) mass is 364 g/mol. The Labute approximate surface area is 151 Å². The second-order valence-corrected chi connectivity index (χ2v) is 6.30. The molecule has 0 saturated heterocycles. The van der Waals surface area contributed by atoms with Crippen molar-refractivity contribution in [1.29, 1.82) is 0 Å². The quantitative estimate of drug-likeness (QED) is 0.575. The molecule has 1 saturated carbocycles. The van der Waals surface area contributed by atoms with Gasteiger partial charge in [-0.2, -0.15) is 0 Å². The molecule has 134 valence electrons. The van der Waals surface area contributed by atoms with E-state index in [0.29, 0.717) is 16.6 Å². The summed E-state index contributed by atoms with van der Waals surface area (Å²) < 4.78 is 4.70. The normalized spacial score (nSPS) is 14.8. The summed E-state index contributed by atoms with van der Waals surface area (Å²) in [4.78, 5) is 35.7. The van der Waals surface area contributed by atoms with Crippen molar-refractivity contribution in [3.05, 3.63) is 40.9 Å². The molecule has 1 aromatic rings. The molecule has 1 aliphatic carbocycles. The van der Waals surface area contributed by atoms with E-state index >= 15 is 0 Å². The van der Waals surface area contributed by atoms with Gasteiger partial charge in [0.05, 0.1) is 17.9 Å². The molecule has 6 nitrogen and oxygen atoms in total. The lowest BCUT2D eigenvalue weighted by Gasteiger charge is -2.15. The lowest BCUT2D eigenvalue weighted by Crippen LogP contribution is -2.34. The van der Waals surface area contributed by atoms with E-state index < -0.39 is 11.9 Å². The standard InChI is InChI=1S/C18H21ClN2O4/c1-3-25-17(23)9-8-16(22)21-15-7-6-13(19)10-14(15)18(24)20-11(2)12-4-5-12/h6-12H,3-5H2,1-2H3,(H,20,24)(H,21,22)/b9-8-. The zero-order valence-electron chi connectivity index (χ0n) is 14.2. The molecular formula is C18H21ClN2O4. The Balaban J connectivity index is 2.08. The zero-order valence-corrected chi connectivity index (χ0v) is 14.9. The van der Waals surface area contributed by atoms with E-state index in [4.69, 9.17) is 16.3 Å². The molecule has 0 heterocycles. The summed E-state index contributed by atoms with van der Waals surface area (Å²) in [6.45, 7) is 3.86. The maximum atomic E-state index is 12.5. The van der Waals surface area contributed by atoms with Crippen LogP contribution in [0, 0.1) is 5.92 Å². The van der Waals surface area contributed by atoms with Crippen molar-refractivity contribution in [3.8, 4) is 0 Å². The largest absolute Gasteiger partial charge is 0.463 e. The first-order valence-corrected chi connectivity index (χ1v) is 8.54. The van der Waals surface area contributed by atoms with E-state index in [1.807, 2.05) is 6.92 Å². The number of benzene rings is 1. The minimum atomic E-state index is -0.606. The summed E-state index contributed by atoms with van der Waals surface area (Å²) in [6, 6.07) is 4.70. The predicted molar refractivity (Wildman–Crippen MR) is 95.5 cm³/mol. The van der Waals surface area contributed by atoms with Gasteiger partial charge in [-0.1, -0.05) is 11.6 Å². The van der Waals surface area contributed by atoms with Gasteiger partial charge < -0.3 is 15.4 Å². The number of carbonyl (C=O) groups excluding carboxylic acids is 3. The highest BCUT2D eigenvalue weighted by Gasteiger charge is 2.29. The summed E-state index contributed by atoms with van der Waals surface area (Å²) in [7, 11) is 0. The maximum absolute atomic E-state index is 12.5. The van der Waals surface area contributed by atoms with E-state index in [1.165, 1.54) is 6.07 Å². The third-order valence-electron chi connectivity index (χ3n) is 3.83. The Morgan fingerprint density at radius 1 is 1.32 bits per heavy atom. The van der Waals surface area contributed by atoms with Crippen molar-refractivity contribution in [2.75, 3.05) is 11.9 Å². The second kappa shape index (κ2) is 8.67. The molecule has 0 radical (unpaired) electrons. The summed E-state index contributed by atoms with van der Waals surface area (Å²) in [5.41, 5.74) is 0.598. The van der Waals surface area contributed by atoms with Gasteiger partial charge in [-0.15, -0.1) is 0 Å². The first-order chi connectivity index (χ1) is 11.9. The number of carbonyl (C=O) groups is 3. The van der Waals surface area contributed by atoms with E-state index in [0.717, 1.165) is 25.0 Å². The molecule has 1 atom stereocenters. The van der Waals surface area contributed by atoms with Crippen LogP contribution in [0.3, 0.4) is 0 Å². The van der Waals surface area contributed by atoms with Gasteiger partial charge in [-0.3, -0.25) is 9.59 Å². The van der Waals surface area contributed by atoms with Crippen molar-refractivity contribution in [2.24, 2.45) is 5.92 Å². The fourth-order valence-electron chi connectivity index (χ4n) is 2.32. The first kappa shape index (κ1) is 19.0. The van der Waals surface area contributed by atoms with Gasteiger partial charge in [0, 0.05) is 23.2 Å². The zero-order chi connectivity index (χ0) is 18.4. The third-order valence-corrected chi connectivity index (χ3v) is 4.06. The molecule has 2 N–H and O–H groups in total. The van der Waals surface area contributed by atoms with Crippen LogP contribution in [0.1, 0.15) is 37.0 Å². The summed E-state index contributed by atoms with van der Waals surface area (Å²) in [5.74, 6) is -0.940. The number of halogens is 1.